The van der Waals surface area contributed by atoms with Crippen molar-refractivity contribution in [2.75, 3.05) is 36.0 Å². The monoisotopic (exact) mass is 261 g/mol. The van der Waals surface area contributed by atoms with Crippen molar-refractivity contribution < 1.29 is 0 Å². The van der Waals surface area contributed by atoms with Gasteiger partial charge in [-0.05, 0) is 36.2 Å². The fraction of sp³-hybridized carbons (Fsp3) is 0.571. The molecule has 0 aromatic heterocycles. The summed E-state index contributed by atoms with van der Waals surface area (Å²) in [7, 11) is 0. The molecule has 3 N–H and O–H groups in total. The number of hydrogen-bond acceptors (Lipinski definition) is 4. The van der Waals surface area contributed by atoms with E-state index in [4.69, 9.17) is 5.73 Å². The number of hydrogen-bond donors (Lipinski definition) is 2. The first kappa shape index (κ1) is 11.0. The molecular weight excluding hydrogens is 242 g/mol. The van der Waals surface area contributed by atoms with Crippen LogP contribution >= 0.6 is 11.8 Å². The second kappa shape index (κ2) is 4.07. The van der Waals surface area contributed by atoms with Crippen LogP contribution in [0.3, 0.4) is 0 Å². The van der Waals surface area contributed by atoms with E-state index in [1.165, 1.54) is 35.5 Å². The Balaban J connectivity index is 1.90. The molecule has 0 amide bonds. The van der Waals surface area contributed by atoms with Crippen molar-refractivity contribution in [3.05, 3.63) is 23.3 Å². The van der Waals surface area contributed by atoms with Gasteiger partial charge in [-0.25, -0.2) is 0 Å². The Morgan fingerprint density at radius 1 is 1.39 bits per heavy atom. The van der Waals surface area contributed by atoms with Gasteiger partial charge in [-0.1, -0.05) is 0 Å². The van der Waals surface area contributed by atoms with Gasteiger partial charge < -0.3 is 16.0 Å². The van der Waals surface area contributed by atoms with Gasteiger partial charge in [-0.15, -0.1) is 0 Å². The lowest BCUT2D eigenvalue weighted by atomic mass is 9.89. The average Bonchev–Trinajstić information content (AvgIpc) is 2.55. The summed E-state index contributed by atoms with van der Waals surface area (Å²) >= 11 is 2.04. The molecule has 96 valence electrons. The fourth-order valence-corrected chi connectivity index (χ4v) is 4.72. The van der Waals surface area contributed by atoms with Crippen molar-refractivity contribution >= 4 is 23.1 Å². The number of rotatable bonds is 0. The first-order chi connectivity index (χ1) is 8.84. The molecule has 1 aromatic carbocycles. The zero-order valence-corrected chi connectivity index (χ0v) is 11.3. The SMILES string of the molecule is Nc1cc2c3c(c1)C1CNCCC1N3CCSC2. The Morgan fingerprint density at radius 2 is 2.33 bits per heavy atom. The molecule has 2 unspecified atom stereocenters. The number of benzene rings is 1. The van der Waals surface area contributed by atoms with Gasteiger partial charge in [-0.2, -0.15) is 11.8 Å². The number of nitrogen functional groups attached to an aromatic ring is 1. The number of nitrogens with zero attached hydrogens (tertiary/aromatic N) is 1. The lowest BCUT2D eigenvalue weighted by Gasteiger charge is -2.33. The molecule has 18 heavy (non-hydrogen) atoms. The molecule has 0 aliphatic carbocycles. The summed E-state index contributed by atoms with van der Waals surface area (Å²) in [4.78, 5) is 2.68. The number of piperidine rings is 1. The minimum atomic E-state index is 0.652. The van der Waals surface area contributed by atoms with Crippen LogP contribution in [0.25, 0.3) is 0 Å². The van der Waals surface area contributed by atoms with Crippen LogP contribution < -0.4 is 16.0 Å². The molecule has 1 saturated heterocycles. The maximum atomic E-state index is 6.10. The van der Waals surface area contributed by atoms with Crippen molar-refractivity contribution in [1.29, 1.82) is 0 Å². The van der Waals surface area contributed by atoms with Crippen LogP contribution in [-0.4, -0.2) is 31.4 Å². The van der Waals surface area contributed by atoms with Crippen molar-refractivity contribution in [2.45, 2.75) is 24.1 Å². The van der Waals surface area contributed by atoms with Gasteiger partial charge in [0.2, 0.25) is 0 Å². The molecule has 0 bridgehead atoms. The highest BCUT2D eigenvalue weighted by molar-refractivity contribution is 7.98. The maximum absolute atomic E-state index is 6.10. The van der Waals surface area contributed by atoms with Crippen molar-refractivity contribution in [3.63, 3.8) is 0 Å². The van der Waals surface area contributed by atoms with E-state index in [1.807, 2.05) is 11.8 Å². The average molecular weight is 261 g/mol. The third-order valence-corrected chi connectivity index (χ3v) is 5.49. The molecular formula is C14H19N3S. The van der Waals surface area contributed by atoms with E-state index in [1.54, 1.807) is 0 Å². The van der Waals surface area contributed by atoms with Crippen LogP contribution in [0.1, 0.15) is 23.5 Å². The van der Waals surface area contributed by atoms with Gasteiger partial charge in [0.1, 0.15) is 0 Å². The summed E-state index contributed by atoms with van der Waals surface area (Å²) in [6.45, 7) is 3.48. The van der Waals surface area contributed by atoms with Crippen LogP contribution in [0.2, 0.25) is 0 Å². The quantitative estimate of drug-likeness (QED) is 0.699. The Morgan fingerprint density at radius 3 is 3.28 bits per heavy atom. The van der Waals surface area contributed by atoms with Gasteiger partial charge >= 0.3 is 0 Å². The van der Waals surface area contributed by atoms with Crippen LogP contribution in [-0.2, 0) is 5.75 Å². The van der Waals surface area contributed by atoms with E-state index >= 15 is 0 Å². The molecule has 1 aromatic rings. The summed E-state index contributed by atoms with van der Waals surface area (Å²) in [6.07, 6.45) is 1.27. The summed E-state index contributed by atoms with van der Waals surface area (Å²) in [6, 6.07) is 5.12. The largest absolute Gasteiger partial charge is 0.399 e. The summed E-state index contributed by atoms with van der Waals surface area (Å²) < 4.78 is 0. The van der Waals surface area contributed by atoms with E-state index in [0.29, 0.717) is 12.0 Å². The minimum absolute atomic E-state index is 0.652. The maximum Gasteiger partial charge on any atom is 0.0448 e. The summed E-state index contributed by atoms with van der Waals surface area (Å²) in [5.74, 6) is 3.01. The molecule has 3 nitrogen and oxygen atoms in total. The Kier molecular flexibility index (Phi) is 2.49. The number of thioether (sulfide) groups is 1. The Labute approximate surface area is 112 Å². The van der Waals surface area contributed by atoms with Gasteiger partial charge in [0.15, 0.2) is 0 Å². The summed E-state index contributed by atoms with van der Waals surface area (Å²) in [5.41, 5.74) is 11.5. The van der Waals surface area contributed by atoms with Crippen molar-refractivity contribution in [2.24, 2.45) is 0 Å². The molecule has 4 heteroatoms. The van der Waals surface area contributed by atoms with Crippen LogP contribution in [0.4, 0.5) is 11.4 Å². The van der Waals surface area contributed by atoms with E-state index in [2.05, 4.69) is 22.3 Å². The molecule has 0 radical (unpaired) electrons. The number of nitrogens with two attached hydrogens (primary N) is 1. The first-order valence-electron chi connectivity index (χ1n) is 6.82. The Hall–Kier alpha value is -0.870. The highest BCUT2D eigenvalue weighted by Gasteiger charge is 2.41. The number of fused-ring (bicyclic) bond motifs is 3. The van der Waals surface area contributed by atoms with E-state index < -0.39 is 0 Å². The third-order valence-electron chi connectivity index (χ3n) is 4.51. The predicted octanol–water partition coefficient (Wildman–Crippen LogP) is 1.78. The van der Waals surface area contributed by atoms with Crippen molar-refractivity contribution in [3.8, 4) is 0 Å². The normalized spacial score (nSPS) is 29.7. The molecule has 3 aliphatic rings. The lowest BCUT2D eigenvalue weighted by molar-refractivity contribution is 0.406. The third kappa shape index (κ3) is 1.48. The second-order valence-corrected chi connectivity index (χ2v) is 6.64. The van der Waals surface area contributed by atoms with Crippen LogP contribution in [0, 0.1) is 0 Å². The molecule has 4 rings (SSSR count). The van der Waals surface area contributed by atoms with Gasteiger partial charge in [0, 0.05) is 47.9 Å². The zero-order valence-electron chi connectivity index (χ0n) is 10.5. The molecule has 0 saturated carbocycles. The number of nitrogens with one attached hydrogen (secondary N) is 1. The van der Waals surface area contributed by atoms with Crippen molar-refractivity contribution in [1.82, 2.24) is 5.32 Å². The second-order valence-electron chi connectivity index (χ2n) is 5.53. The van der Waals surface area contributed by atoms with Gasteiger partial charge in [0.25, 0.3) is 0 Å². The predicted molar refractivity (Wildman–Crippen MR) is 78.4 cm³/mol. The van der Waals surface area contributed by atoms with Crippen LogP contribution in [0.5, 0.6) is 0 Å². The topological polar surface area (TPSA) is 41.3 Å². The highest BCUT2D eigenvalue weighted by Crippen LogP contribution is 2.48. The van der Waals surface area contributed by atoms with Crippen LogP contribution in [0.15, 0.2) is 12.1 Å². The summed E-state index contributed by atoms with van der Waals surface area (Å²) in [5, 5.41) is 3.54. The Bertz CT molecular complexity index is 488. The molecule has 2 atom stereocenters. The van der Waals surface area contributed by atoms with Gasteiger partial charge in [0.05, 0.1) is 0 Å². The first-order valence-corrected chi connectivity index (χ1v) is 7.97. The fourth-order valence-electron chi connectivity index (χ4n) is 3.81. The molecule has 0 spiro atoms. The molecule has 3 aliphatic heterocycles. The van der Waals surface area contributed by atoms with E-state index in [0.717, 1.165) is 24.5 Å². The van der Waals surface area contributed by atoms with E-state index in [-0.39, 0.29) is 0 Å². The van der Waals surface area contributed by atoms with E-state index in [9.17, 15) is 0 Å². The molecule has 3 heterocycles. The lowest BCUT2D eigenvalue weighted by Crippen LogP contribution is -2.44. The standard InChI is InChI=1S/C14H19N3S/c15-10-5-9-8-18-4-3-17-13-1-2-16-7-12(13)11(6-10)14(9)17/h5-6,12-13,16H,1-4,7-8,15H2. The molecule has 1 fully saturated rings. The van der Waals surface area contributed by atoms with Gasteiger partial charge in [-0.3, -0.25) is 0 Å². The number of anilines is 2. The zero-order chi connectivity index (χ0) is 12.1. The minimum Gasteiger partial charge on any atom is -0.399 e. The smallest absolute Gasteiger partial charge is 0.0448 e. The highest BCUT2D eigenvalue weighted by atomic mass is 32.2.